The summed E-state index contributed by atoms with van der Waals surface area (Å²) in [5.41, 5.74) is 2.97. The molecule has 2 aromatic rings. The van der Waals surface area contributed by atoms with E-state index in [4.69, 9.17) is 4.74 Å². The number of rotatable bonds is 9. The van der Waals surface area contributed by atoms with Crippen LogP contribution in [0.15, 0.2) is 17.6 Å². The number of carbonyl (C=O) groups excluding carboxylic acids is 1. The zero-order valence-corrected chi connectivity index (χ0v) is 15.0. The summed E-state index contributed by atoms with van der Waals surface area (Å²) in [6, 6.07) is 1.98. The highest BCUT2D eigenvalue weighted by Crippen LogP contribution is 2.21. The van der Waals surface area contributed by atoms with E-state index in [0.717, 1.165) is 41.6 Å². The van der Waals surface area contributed by atoms with Crippen LogP contribution in [0.2, 0.25) is 0 Å². The first kappa shape index (κ1) is 17.7. The van der Waals surface area contributed by atoms with Crippen LogP contribution < -0.4 is 0 Å². The highest BCUT2D eigenvalue weighted by Gasteiger charge is 2.16. The van der Waals surface area contributed by atoms with Gasteiger partial charge in [0.2, 0.25) is 0 Å². The Morgan fingerprint density at radius 1 is 1.39 bits per heavy atom. The SMILES string of the molecule is CCn1c(C)cc(C(=O)CSc2nncn2CCCOC)c1C. The molecule has 0 fully saturated rings. The Bertz CT molecular complexity index is 663. The molecule has 2 heterocycles. The van der Waals surface area contributed by atoms with E-state index >= 15 is 0 Å². The fourth-order valence-electron chi connectivity index (χ4n) is 2.67. The minimum absolute atomic E-state index is 0.134. The van der Waals surface area contributed by atoms with E-state index in [1.54, 1.807) is 13.4 Å². The molecule has 2 aromatic heterocycles. The van der Waals surface area contributed by atoms with Crippen molar-refractivity contribution in [2.24, 2.45) is 0 Å². The van der Waals surface area contributed by atoms with Crippen molar-refractivity contribution in [1.29, 1.82) is 0 Å². The lowest BCUT2D eigenvalue weighted by molar-refractivity contribution is 0.102. The molecule has 0 bridgehead atoms. The van der Waals surface area contributed by atoms with Gasteiger partial charge in [-0.1, -0.05) is 11.8 Å². The maximum atomic E-state index is 12.5. The summed E-state index contributed by atoms with van der Waals surface area (Å²) in [7, 11) is 1.69. The Labute approximate surface area is 141 Å². The summed E-state index contributed by atoms with van der Waals surface area (Å²) >= 11 is 1.44. The van der Waals surface area contributed by atoms with Crippen molar-refractivity contribution >= 4 is 17.5 Å². The number of aryl methyl sites for hydroxylation is 2. The molecule has 0 spiro atoms. The standard InChI is InChI=1S/C16H24N4O2S/c1-5-20-12(2)9-14(13(20)3)15(21)10-23-16-18-17-11-19(16)7-6-8-22-4/h9,11H,5-8,10H2,1-4H3. The Balaban J connectivity index is 1.99. The maximum Gasteiger partial charge on any atom is 0.191 e. The molecule has 0 saturated carbocycles. The molecule has 126 valence electrons. The number of nitrogens with zero attached hydrogens (tertiary/aromatic N) is 4. The van der Waals surface area contributed by atoms with E-state index < -0.39 is 0 Å². The first-order chi connectivity index (χ1) is 11.1. The van der Waals surface area contributed by atoms with Gasteiger partial charge in [-0.25, -0.2) is 0 Å². The molecule has 6 nitrogen and oxygen atoms in total. The quantitative estimate of drug-likeness (QED) is 0.400. The van der Waals surface area contributed by atoms with Crippen molar-refractivity contribution in [3.63, 3.8) is 0 Å². The van der Waals surface area contributed by atoms with Gasteiger partial charge in [-0.3, -0.25) is 4.79 Å². The monoisotopic (exact) mass is 336 g/mol. The number of carbonyl (C=O) groups is 1. The number of aromatic nitrogens is 4. The topological polar surface area (TPSA) is 61.9 Å². The lowest BCUT2D eigenvalue weighted by atomic mass is 10.2. The van der Waals surface area contributed by atoms with Crippen LogP contribution in [0.5, 0.6) is 0 Å². The van der Waals surface area contributed by atoms with Crippen LogP contribution in [-0.2, 0) is 17.8 Å². The first-order valence-electron chi connectivity index (χ1n) is 7.78. The van der Waals surface area contributed by atoms with Crippen molar-refractivity contribution < 1.29 is 9.53 Å². The lowest BCUT2D eigenvalue weighted by Crippen LogP contribution is -2.07. The van der Waals surface area contributed by atoms with Crippen LogP contribution in [0.4, 0.5) is 0 Å². The fourth-order valence-corrected chi connectivity index (χ4v) is 3.49. The van der Waals surface area contributed by atoms with Gasteiger partial charge in [-0.15, -0.1) is 10.2 Å². The van der Waals surface area contributed by atoms with E-state index in [1.807, 2.05) is 24.5 Å². The molecular weight excluding hydrogens is 312 g/mol. The van der Waals surface area contributed by atoms with Gasteiger partial charge in [0.05, 0.1) is 5.75 Å². The third-order valence-electron chi connectivity index (χ3n) is 3.85. The van der Waals surface area contributed by atoms with Gasteiger partial charge in [-0.2, -0.15) is 0 Å². The molecule has 7 heteroatoms. The van der Waals surface area contributed by atoms with Crippen LogP contribution in [0, 0.1) is 13.8 Å². The predicted molar refractivity (Wildman–Crippen MR) is 91.1 cm³/mol. The van der Waals surface area contributed by atoms with E-state index in [-0.39, 0.29) is 5.78 Å². The Morgan fingerprint density at radius 3 is 2.83 bits per heavy atom. The average Bonchev–Trinajstić information content (AvgIpc) is 3.09. The Morgan fingerprint density at radius 2 is 2.17 bits per heavy atom. The number of ketones is 1. The van der Waals surface area contributed by atoms with E-state index in [1.165, 1.54) is 11.8 Å². The van der Waals surface area contributed by atoms with E-state index in [0.29, 0.717) is 12.4 Å². The molecule has 0 aromatic carbocycles. The summed E-state index contributed by atoms with van der Waals surface area (Å²) in [4.78, 5) is 12.5. The van der Waals surface area contributed by atoms with Crippen LogP contribution in [0.25, 0.3) is 0 Å². The van der Waals surface area contributed by atoms with E-state index in [9.17, 15) is 4.79 Å². The van der Waals surface area contributed by atoms with Gasteiger partial charge in [0.15, 0.2) is 10.9 Å². The fraction of sp³-hybridized carbons (Fsp3) is 0.562. The summed E-state index contributed by atoms with van der Waals surface area (Å²) in [6.07, 6.45) is 2.60. The second kappa shape index (κ2) is 8.31. The number of ether oxygens (including phenoxy) is 1. The highest BCUT2D eigenvalue weighted by molar-refractivity contribution is 7.99. The molecule has 0 aliphatic heterocycles. The van der Waals surface area contributed by atoms with Crippen molar-refractivity contribution in [2.75, 3.05) is 19.5 Å². The van der Waals surface area contributed by atoms with Crippen molar-refractivity contribution in [2.45, 2.75) is 45.4 Å². The average molecular weight is 336 g/mol. The van der Waals surface area contributed by atoms with Gasteiger partial charge in [0, 0.05) is 43.8 Å². The van der Waals surface area contributed by atoms with E-state index in [2.05, 4.69) is 21.7 Å². The highest BCUT2D eigenvalue weighted by atomic mass is 32.2. The zero-order chi connectivity index (χ0) is 16.8. The van der Waals surface area contributed by atoms with Gasteiger partial charge in [0.25, 0.3) is 0 Å². The molecule has 0 amide bonds. The second-order valence-electron chi connectivity index (χ2n) is 5.39. The summed E-state index contributed by atoms with van der Waals surface area (Å²) in [5.74, 6) is 0.506. The third kappa shape index (κ3) is 4.23. The molecule has 0 atom stereocenters. The van der Waals surface area contributed by atoms with Crippen LogP contribution in [-0.4, -0.2) is 44.6 Å². The molecule has 0 aliphatic carbocycles. The van der Waals surface area contributed by atoms with Crippen LogP contribution in [0.3, 0.4) is 0 Å². The van der Waals surface area contributed by atoms with Crippen molar-refractivity contribution in [1.82, 2.24) is 19.3 Å². The Hall–Kier alpha value is -1.60. The van der Waals surface area contributed by atoms with Gasteiger partial charge in [-0.05, 0) is 33.3 Å². The third-order valence-corrected chi connectivity index (χ3v) is 4.83. The normalized spacial score (nSPS) is 11.1. The predicted octanol–water partition coefficient (Wildman–Crippen LogP) is 2.73. The largest absolute Gasteiger partial charge is 0.385 e. The lowest BCUT2D eigenvalue weighted by Gasteiger charge is -2.06. The molecule has 0 radical (unpaired) electrons. The molecule has 23 heavy (non-hydrogen) atoms. The molecule has 0 unspecified atom stereocenters. The number of hydrogen-bond acceptors (Lipinski definition) is 5. The van der Waals surface area contributed by atoms with Crippen LogP contribution in [0.1, 0.15) is 35.1 Å². The van der Waals surface area contributed by atoms with Crippen LogP contribution >= 0.6 is 11.8 Å². The molecule has 0 aliphatic rings. The minimum atomic E-state index is 0.134. The van der Waals surface area contributed by atoms with Gasteiger partial charge < -0.3 is 13.9 Å². The Kier molecular flexibility index (Phi) is 6.41. The molecule has 2 rings (SSSR count). The number of thioether (sulfide) groups is 1. The summed E-state index contributed by atoms with van der Waals surface area (Å²) in [6.45, 7) is 8.50. The maximum absolute atomic E-state index is 12.5. The smallest absolute Gasteiger partial charge is 0.191 e. The number of methoxy groups -OCH3 is 1. The first-order valence-corrected chi connectivity index (χ1v) is 8.76. The summed E-state index contributed by atoms with van der Waals surface area (Å²) in [5, 5.41) is 8.81. The number of hydrogen-bond donors (Lipinski definition) is 0. The molecular formula is C16H24N4O2S. The zero-order valence-electron chi connectivity index (χ0n) is 14.2. The second-order valence-corrected chi connectivity index (χ2v) is 6.34. The summed E-state index contributed by atoms with van der Waals surface area (Å²) < 4.78 is 9.18. The van der Waals surface area contributed by atoms with Crippen molar-refractivity contribution in [3.05, 3.63) is 29.3 Å². The number of Topliss-reactive ketones (excluding diaryl/α,β-unsaturated/α-hetero) is 1. The van der Waals surface area contributed by atoms with Gasteiger partial charge >= 0.3 is 0 Å². The molecule has 0 saturated heterocycles. The minimum Gasteiger partial charge on any atom is -0.385 e. The van der Waals surface area contributed by atoms with Gasteiger partial charge in [0.1, 0.15) is 6.33 Å². The molecule has 0 N–H and O–H groups in total. The van der Waals surface area contributed by atoms with Crippen molar-refractivity contribution in [3.8, 4) is 0 Å².